The zero-order chi connectivity index (χ0) is 14.3. The van der Waals surface area contributed by atoms with Gasteiger partial charge in [-0.05, 0) is 58.0 Å². The highest BCUT2D eigenvalue weighted by Gasteiger charge is 2.47. The van der Waals surface area contributed by atoms with Crippen LogP contribution in [0.25, 0.3) is 0 Å². The number of piperidine rings is 1. The third-order valence-corrected chi connectivity index (χ3v) is 5.97. The molecule has 0 aromatic carbocycles. The van der Waals surface area contributed by atoms with Gasteiger partial charge in [0.1, 0.15) is 0 Å². The summed E-state index contributed by atoms with van der Waals surface area (Å²) in [5.41, 5.74) is 0.376. The van der Waals surface area contributed by atoms with Crippen molar-refractivity contribution in [2.24, 2.45) is 11.8 Å². The Morgan fingerprint density at radius 2 is 1.95 bits per heavy atom. The summed E-state index contributed by atoms with van der Waals surface area (Å²) in [4.78, 5) is 5.41. The topological polar surface area (TPSA) is 18.5 Å². The highest BCUT2D eigenvalue weighted by molar-refractivity contribution is 5.06. The molecule has 2 heterocycles. The van der Waals surface area contributed by atoms with Crippen molar-refractivity contribution in [1.29, 1.82) is 0 Å². The van der Waals surface area contributed by atoms with Gasteiger partial charge in [0.2, 0.25) is 0 Å². The van der Waals surface area contributed by atoms with Gasteiger partial charge < -0.3 is 10.2 Å². The van der Waals surface area contributed by atoms with Crippen molar-refractivity contribution in [3.63, 3.8) is 0 Å². The van der Waals surface area contributed by atoms with Crippen LogP contribution < -0.4 is 5.32 Å². The molecule has 0 amide bonds. The molecule has 2 aliphatic heterocycles. The summed E-state index contributed by atoms with van der Waals surface area (Å²) in [5.74, 6) is 1.68. The molecule has 0 radical (unpaired) electrons. The highest BCUT2D eigenvalue weighted by Crippen LogP contribution is 2.42. The molecule has 3 rings (SSSR count). The van der Waals surface area contributed by atoms with Gasteiger partial charge in [-0.2, -0.15) is 0 Å². The summed E-state index contributed by atoms with van der Waals surface area (Å²) in [7, 11) is 2.29. The molecular formula is C17H33N3. The first kappa shape index (κ1) is 14.8. The second kappa shape index (κ2) is 5.58. The Morgan fingerprint density at radius 1 is 1.20 bits per heavy atom. The molecule has 116 valence electrons. The molecule has 3 atom stereocenters. The number of piperazine rings is 1. The summed E-state index contributed by atoms with van der Waals surface area (Å²) in [5, 5.41) is 3.91. The van der Waals surface area contributed by atoms with Crippen molar-refractivity contribution in [2.75, 3.05) is 33.2 Å². The van der Waals surface area contributed by atoms with Gasteiger partial charge in [-0.15, -0.1) is 0 Å². The number of hydrogen-bond acceptors (Lipinski definition) is 3. The van der Waals surface area contributed by atoms with Gasteiger partial charge in [0.15, 0.2) is 0 Å². The van der Waals surface area contributed by atoms with Crippen LogP contribution in [0.3, 0.4) is 0 Å². The fraction of sp³-hybridized carbons (Fsp3) is 1.00. The van der Waals surface area contributed by atoms with Crippen LogP contribution in [0.15, 0.2) is 0 Å². The van der Waals surface area contributed by atoms with E-state index < -0.39 is 0 Å². The van der Waals surface area contributed by atoms with Gasteiger partial charge in [0, 0.05) is 37.3 Å². The van der Waals surface area contributed by atoms with Crippen LogP contribution in [0.2, 0.25) is 0 Å². The molecule has 0 bridgehead atoms. The van der Waals surface area contributed by atoms with E-state index in [0.717, 1.165) is 23.9 Å². The minimum Gasteiger partial charge on any atom is -0.308 e. The summed E-state index contributed by atoms with van der Waals surface area (Å²) in [6.45, 7) is 12.3. The first-order valence-electron chi connectivity index (χ1n) is 8.69. The first-order valence-corrected chi connectivity index (χ1v) is 8.69. The molecule has 0 aromatic heterocycles. The number of likely N-dealkylation sites (N-methyl/N-ethyl adjacent to an activating group) is 1. The number of rotatable bonds is 3. The maximum Gasteiger partial charge on any atom is 0.0309 e. The summed E-state index contributed by atoms with van der Waals surface area (Å²) < 4.78 is 0. The predicted octanol–water partition coefficient (Wildman–Crippen LogP) is 2.18. The highest BCUT2D eigenvalue weighted by atomic mass is 15.3. The quantitative estimate of drug-likeness (QED) is 0.854. The van der Waals surface area contributed by atoms with E-state index in [1.54, 1.807) is 0 Å². The standard InChI is InChI=1S/C17H33N3/c1-13(2)16-10-18-17(3,14-7-8-14)12-20(16)15-6-5-9-19(4)11-15/h13-16,18H,5-12H2,1-4H3. The average Bonchev–Trinajstić information content (AvgIpc) is 3.23. The van der Waals surface area contributed by atoms with E-state index in [1.165, 1.54) is 51.9 Å². The normalized spacial score (nSPS) is 41.2. The summed E-state index contributed by atoms with van der Waals surface area (Å²) >= 11 is 0. The van der Waals surface area contributed by atoms with Crippen molar-refractivity contribution < 1.29 is 0 Å². The Balaban J connectivity index is 1.74. The van der Waals surface area contributed by atoms with Crippen LogP contribution in [0.1, 0.15) is 46.5 Å². The third kappa shape index (κ3) is 2.90. The molecule has 3 heteroatoms. The molecular weight excluding hydrogens is 246 g/mol. The molecule has 3 unspecified atom stereocenters. The number of nitrogens with zero attached hydrogens (tertiary/aromatic N) is 2. The molecule has 1 saturated carbocycles. The van der Waals surface area contributed by atoms with Gasteiger partial charge in [0.25, 0.3) is 0 Å². The van der Waals surface area contributed by atoms with Crippen LogP contribution in [0.4, 0.5) is 0 Å². The molecule has 2 saturated heterocycles. The monoisotopic (exact) mass is 279 g/mol. The number of hydrogen-bond donors (Lipinski definition) is 1. The molecule has 1 aliphatic carbocycles. The maximum absolute atomic E-state index is 3.91. The van der Waals surface area contributed by atoms with E-state index in [1.807, 2.05) is 0 Å². The molecule has 3 fully saturated rings. The molecule has 0 aromatic rings. The Labute approximate surface area is 125 Å². The van der Waals surface area contributed by atoms with E-state index >= 15 is 0 Å². The van der Waals surface area contributed by atoms with E-state index in [0.29, 0.717) is 5.54 Å². The van der Waals surface area contributed by atoms with Crippen LogP contribution >= 0.6 is 0 Å². The lowest BCUT2D eigenvalue weighted by molar-refractivity contribution is -0.00492. The lowest BCUT2D eigenvalue weighted by Gasteiger charge is -2.52. The number of likely N-dealkylation sites (tertiary alicyclic amines) is 1. The zero-order valence-corrected chi connectivity index (χ0v) is 13.9. The zero-order valence-electron chi connectivity index (χ0n) is 13.9. The fourth-order valence-electron chi connectivity index (χ4n) is 4.43. The predicted molar refractivity (Wildman–Crippen MR) is 85.0 cm³/mol. The van der Waals surface area contributed by atoms with E-state index in [4.69, 9.17) is 0 Å². The fourth-order valence-corrected chi connectivity index (χ4v) is 4.43. The summed E-state index contributed by atoms with van der Waals surface area (Å²) in [6, 6.07) is 1.50. The van der Waals surface area contributed by atoms with Crippen molar-refractivity contribution in [2.45, 2.75) is 64.1 Å². The van der Waals surface area contributed by atoms with E-state index in [-0.39, 0.29) is 0 Å². The summed E-state index contributed by atoms with van der Waals surface area (Å²) in [6.07, 6.45) is 5.65. The number of nitrogens with one attached hydrogen (secondary N) is 1. The molecule has 20 heavy (non-hydrogen) atoms. The first-order chi connectivity index (χ1) is 9.49. The molecule has 0 spiro atoms. The Kier molecular flexibility index (Phi) is 4.13. The van der Waals surface area contributed by atoms with Gasteiger partial charge in [-0.3, -0.25) is 4.90 Å². The van der Waals surface area contributed by atoms with Crippen molar-refractivity contribution >= 4 is 0 Å². The molecule has 3 nitrogen and oxygen atoms in total. The average molecular weight is 279 g/mol. The van der Waals surface area contributed by atoms with Crippen LogP contribution in [0, 0.1) is 11.8 Å². The molecule has 1 N–H and O–H groups in total. The minimum absolute atomic E-state index is 0.376. The minimum atomic E-state index is 0.376. The van der Waals surface area contributed by atoms with Crippen molar-refractivity contribution in [3.05, 3.63) is 0 Å². The van der Waals surface area contributed by atoms with Gasteiger partial charge >= 0.3 is 0 Å². The van der Waals surface area contributed by atoms with E-state index in [9.17, 15) is 0 Å². The smallest absolute Gasteiger partial charge is 0.0309 e. The van der Waals surface area contributed by atoms with E-state index in [2.05, 4.69) is 42.9 Å². The second-order valence-electron chi connectivity index (χ2n) is 8.11. The third-order valence-electron chi connectivity index (χ3n) is 5.97. The second-order valence-corrected chi connectivity index (χ2v) is 8.11. The molecule has 3 aliphatic rings. The Hall–Kier alpha value is -0.120. The van der Waals surface area contributed by atoms with Crippen LogP contribution in [-0.4, -0.2) is 60.6 Å². The maximum atomic E-state index is 3.91. The lowest BCUT2D eigenvalue weighted by Crippen LogP contribution is -2.68. The van der Waals surface area contributed by atoms with Crippen LogP contribution in [0.5, 0.6) is 0 Å². The largest absolute Gasteiger partial charge is 0.308 e. The van der Waals surface area contributed by atoms with Gasteiger partial charge in [-0.1, -0.05) is 13.8 Å². The Morgan fingerprint density at radius 3 is 2.55 bits per heavy atom. The van der Waals surface area contributed by atoms with Gasteiger partial charge in [0.05, 0.1) is 0 Å². The Bertz CT molecular complexity index is 339. The SMILES string of the molecule is CC(C)C1CNC(C)(C2CC2)CN1C1CCCN(C)C1. The van der Waals surface area contributed by atoms with Crippen molar-refractivity contribution in [3.8, 4) is 0 Å². The van der Waals surface area contributed by atoms with Gasteiger partial charge in [-0.25, -0.2) is 0 Å². The van der Waals surface area contributed by atoms with Crippen LogP contribution in [-0.2, 0) is 0 Å². The lowest BCUT2D eigenvalue weighted by atomic mass is 9.86. The van der Waals surface area contributed by atoms with Crippen molar-refractivity contribution in [1.82, 2.24) is 15.1 Å².